The Hall–Kier alpha value is -1.69. The smallest absolute Gasteiger partial charge is 0.325 e. The molecule has 2 rings (SSSR count). The second kappa shape index (κ2) is 4.67. The van der Waals surface area contributed by atoms with Gasteiger partial charge in [-0.1, -0.05) is 0 Å². The molecule has 0 spiro atoms. The molecule has 1 aliphatic rings. The number of hydrogen-bond acceptors (Lipinski definition) is 5. The Morgan fingerprint density at radius 2 is 2.18 bits per heavy atom. The van der Waals surface area contributed by atoms with E-state index in [2.05, 4.69) is 14.9 Å². The van der Waals surface area contributed by atoms with Crippen molar-refractivity contribution in [2.24, 2.45) is 5.73 Å². The van der Waals surface area contributed by atoms with Crippen molar-refractivity contribution in [3.8, 4) is 0 Å². The highest BCUT2D eigenvalue weighted by Crippen LogP contribution is 2.19. The van der Waals surface area contributed by atoms with Gasteiger partial charge in [0.15, 0.2) is 0 Å². The summed E-state index contributed by atoms with van der Waals surface area (Å²) in [5, 5.41) is 8.85. The number of hydrogen-bond donors (Lipinski definition) is 2. The lowest BCUT2D eigenvalue weighted by Crippen LogP contribution is -2.25. The zero-order valence-corrected chi connectivity index (χ0v) is 9.76. The van der Waals surface area contributed by atoms with Gasteiger partial charge >= 0.3 is 5.97 Å². The van der Waals surface area contributed by atoms with Crippen LogP contribution in [0.15, 0.2) is 6.20 Å². The molecular formula is C11H16N4O2. The quantitative estimate of drug-likeness (QED) is 0.792. The fraction of sp³-hybridized carbons (Fsp3) is 0.545. The third-order valence-corrected chi connectivity index (χ3v) is 2.99. The van der Waals surface area contributed by atoms with Crippen LogP contribution in [0.25, 0.3) is 0 Å². The Labute approximate surface area is 99.5 Å². The van der Waals surface area contributed by atoms with E-state index in [-0.39, 0.29) is 0 Å². The van der Waals surface area contributed by atoms with Crippen LogP contribution in [0.4, 0.5) is 5.95 Å². The Morgan fingerprint density at radius 1 is 1.53 bits per heavy atom. The van der Waals surface area contributed by atoms with Crippen LogP contribution in [0.3, 0.4) is 0 Å². The van der Waals surface area contributed by atoms with Gasteiger partial charge < -0.3 is 15.7 Å². The van der Waals surface area contributed by atoms with Gasteiger partial charge in [0.1, 0.15) is 6.04 Å². The summed E-state index contributed by atoms with van der Waals surface area (Å²) in [5.41, 5.74) is 6.66. The van der Waals surface area contributed by atoms with Crippen LogP contribution in [-0.4, -0.2) is 34.1 Å². The van der Waals surface area contributed by atoms with E-state index in [0.717, 1.165) is 25.9 Å². The van der Waals surface area contributed by atoms with Crippen LogP contribution >= 0.6 is 0 Å². The molecule has 1 fully saturated rings. The molecular weight excluding hydrogens is 220 g/mol. The number of carboxylic acids is 1. The maximum Gasteiger partial charge on any atom is 0.325 e. The van der Waals surface area contributed by atoms with Gasteiger partial charge in [0.2, 0.25) is 5.95 Å². The van der Waals surface area contributed by atoms with Crippen molar-refractivity contribution in [1.29, 1.82) is 0 Å². The number of anilines is 1. The number of aliphatic carboxylic acids is 1. The second-order valence-electron chi connectivity index (χ2n) is 4.22. The summed E-state index contributed by atoms with van der Waals surface area (Å²) in [7, 11) is 0. The van der Waals surface area contributed by atoms with Crippen molar-refractivity contribution < 1.29 is 9.90 Å². The molecule has 92 valence electrons. The Balaban J connectivity index is 2.24. The molecule has 17 heavy (non-hydrogen) atoms. The van der Waals surface area contributed by atoms with E-state index in [9.17, 15) is 4.79 Å². The topological polar surface area (TPSA) is 92.3 Å². The third-order valence-electron chi connectivity index (χ3n) is 2.99. The molecule has 1 aromatic heterocycles. The van der Waals surface area contributed by atoms with Gasteiger partial charge in [-0.05, 0) is 19.8 Å². The summed E-state index contributed by atoms with van der Waals surface area (Å²) in [6.07, 6.45) is 3.83. The summed E-state index contributed by atoms with van der Waals surface area (Å²) in [4.78, 5) is 21.4. The summed E-state index contributed by atoms with van der Waals surface area (Å²) < 4.78 is 0. The largest absolute Gasteiger partial charge is 0.480 e. The first-order valence-electron chi connectivity index (χ1n) is 5.66. The van der Waals surface area contributed by atoms with Gasteiger partial charge in [-0.2, -0.15) is 0 Å². The average molecular weight is 236 g/mol. The molecule has 1 unspecified atom stereocenters. The van der Waals surface area contributed by atoms with Gasteiger partial charge in [-0.3, -0.25) is 4.79 Å². The molecule has 0 saturated carbocycles. The molecule has 1 saturated heterocycles. The van der Waals surface area contributed by atoms with E-state index in [1.165, 1.54) is 6.20 Å². The molecule has 0 aromatic carbocycles. The molecule has 0 aliphatic carbocycles. The molecule has 6 nitrogen and oxygen atoms in total. The zero-order valence-electron chi connectivity index (χ0n) is 9.76. The number of rotatable bonds is 3. The number of aryl methyl sites for hydroxylation is 1. The SMILES string of the molecule is Cc1nc(N2CCCC2)ncc1C(N)C(=O)O. The zero-order chi connectivity index (χ0) is 12.4. The highest BCUT2D eigenvalue weighted by atomic mass is 16.4. The monoisotopic (exact) mass is 236 g/mol. The Morgan fingerprint density at radius 3 is 2.71 bits per heavy atom. The molecule has 1 aromatic rings. The van der Waals surface area contributed by atoms with Gasteiger partial charge in [-0.25, -0.2) is 9.97 Å². The number of nitrogens with two attached hydrogens (primary N) is 1. The van der Waals surface area contributed by atoms with E-state index < -0.39 is 12.0 Å². The van der Waals surface area contributed by atoms with Crippen molar-refractivity contribution in [3.63, 3.8) is 0 Å². The number of nitrogens with zero attached hydrogens (tertiary/aromatic N) is 3. The molecule has 0 bridgehead atoms. The van der Waals surface area contributed by atoms with Crippen LogP contribution < -0.4 is 10.6 Å². The molecule has 3 N–H and O–H groups in total. The van der Waals surface area contributed by atoms with Crippen LogP contribution in [0.1, 0.15) is 30.1 Å². The van der Waals surface area contributed by atoms with Crippen molar-refractivity contribution in [1.82, 2.24) is 9.97 Å². The van der Waals surface area contributed by atoms with Crippen LogP contribution in [0, 0.1) is 6.92 Å². The predicted octanol–water partition coefficient (Wildman–Crippen LogP) is 0.470. The number of carboxylic acid groups (broad SMARTS) is 1. The molecule has 0 radical (unpaired) electrons. The van der Waals surface area contributed by atoms with E-state index in [1.807, 2.05) is 0 Å². The van der Waals surface area contributed by atoms with Gasteiger partial charge in [0.25, 0.3) is 0 Å². The van der Waals surface area contributed by atoms with E-state index in [1.54, 1.807) is 6.92 Å². The van der Waals surface area contributed by atoms with Crippen molar-refractivity contribution >= 4 is 11.9 Å². The fourth-order valence-electron chi connectivity index (χ4n) is 1.97. The van der Waals surface area contributed by atoms with Crippen LogP contribution in [-0.2, 0) is 4.79 Å². The van der Waals surface area contributed by atoms with Gasteiger partial charge in [0, 0.05) is 30.5 Å². The summed E-state index contributed by atoms with van der Waals surface area (Å²) in [6.45, 7) is 3.69. The fourth-order valence-corrected chi connectivity index (χ4v) is 1.97. The minimum absolute atomic E-state index is 0.473. The third kappa shape index (κ3) is 2.36. The minimum atomic E-state index is -1.06. The minimum Gasteiger partial charge on any atom is -0.480 e. The lowest BCUT2D eigenvalue weighted by Gasteiger charge is -2.17. The van der Waals surface area contributed by atoms with E-state index in [0.29, 0.717) is 17.2 Å². The molecule has 1 atom stereocenters. The van der Waals surface area contributed by atoms with E-state index >= 15 is 0 Å². The first-order valence-corrected chi connectivity index (χ1v) is 5.66. The maximum absolute atomic E-state index is 10.8. The Kier molecular flexibility index (Phi) is 3.23. The maximum atomic E-state index is 10.8. The lowest BCUT2D eigenvalue weighted by atomic mass is 10.1. The average Bonchev–Trinajstić information content (AvgIpc) is 2.81. The van der Waals surface area contributed by atoms with Crippen LogP contribution in [0.5, 0.6) is 0 Å². The van der Waals surface area contributed by atoms with Gasteiger partial charge in [0.05, 0.1) is 0 Å². The van der Waals surface area contributed by atoms with Crippen molar-refractivity contribution in [2.45, 2.75) is 25.8 Å². The molecule has 1 aliphatic heterocycles. The highest BCUT2D eigenvalue weighted by Gasteiger charge is 2.20. The summed E-state index contributed by atoms with van der Waals surface area (Å²) >= 11 is 0. The van der Waals surface area contributed by atoms with Crippen molar-refractivity contribution in [2.75, 3.05) is 18.0 Å². The van der Waals surface area contributed by atoms with Gasteiger partial charge in [-0.15, -0.1) is 0 Å². The highest BCUT2D eigenvalue weighted by molar-refractivity contribution is 5.75. The standard InChI is InChI=1S/C11H16N4O2/c1-7-8(9(12)10(16)17)6-13-11(14-7)15-4-2-3-5-15/h6,9H,2-5,12H2,1H3,(H,16,17). The summed E-state index contributed by atoms with van der Waals surface area (Å²) in [5.74, 6) is -0.396. The second-order valence-corrected chi connectivity index (χ2v) is 4.22. The lowest BCUT2D eigenvalue weighted by molar-refractivity contribution is -0.138. The molecule has 2 heterocycles. The van der Waals surface area contributed by atoms with Crippen molar-refractivity contribution in [3.05, 3.63) is 17.5 Å². The molecule has 6 heteroatoms. The Bertz CT molecular complexity index is 429. The summed E-state index contributed by atoms with van der Waals surface area (Å²) in [6, 6.07) is -1.05. The predicted molar refractivity (Wildman–Crippen MR) is 62.8 cm³/mol. The first kappa shape index (κ1) is 11.8. The first-order chi connectivity index (χ1) is 8.09. The van der Waals surface area contributed by atoms with Crippen LogP contribution in [0.2, 0.25) is 0 Å². The number of carbonyl (C=O) groups is 1. The molecule has 0 amide bonds. The van der Waals surface area contributed by atoms with E-state index in [4.69, 9.17) is 10.8 Å². The normalized spacial score (nSPS) is 17.2. The number of aromatic nitrogens is 2.